The van der Waals surface area contributed by atoms with E-state index in [1.165, 1.54) is 0 Å². The van der Waals surface area contributed by atoms with Crippen molar-refractivity contribution in [2.45, 2.75) is 44.8 Å². The van der Waals surface area contributed by atoms with E-state index in [4.69, 9.17) is 14.2 Å². The predicted molar refractivity (Wildman–Crippen MR) is 68.5 cm³/mol. The maximum Gasteiger partial charge on any atom is 0.323 e. The molecule has 2 atom stereocenters. The van der Waals surface area contributed by atoms with Crippen molar-refractivity contribution in [1.29, 1.82) is 0 Å². The fraction of sp³-hybridized carbons (Fsp3) is 0.923. The summed E-state index contributed by atoms with van der Waals surface area (Å²) < 4.78 is 16.0. The van der Waals surface area contributed by atoms with Gasteiger partial charge in [0.2, 0.25) is 0 Å². The van der Waals surface area contributed by atoms with Crippen LogP contribution < -0.4 is 5.32 Å². The summed E-state index contributed by atoms with van der Waals surface area (Å²) in [6.07, 6.45) is 2.57. The van der Waals surface area contributed by atoms with E-state index in [-0.39, 0.29) is 17.6 Å². The van der Waals surface area contributed by atoms with Gasteiger partial charge in [0.25, 0.3) is 0 Å². The first-order valence-corrected chi connectivity index (χ1v) is 6.70. The van der Waals surface area contributed by atoms with Crippen LogP contribution in [-0.4, -0.2) is 51.1 Å². The van der Waals surface area contributed by atoms with Crippen molar-refractivity contribution in [2.75, 3.05) is 33.5 Å². The lowest BCUT2D eigenvalue weighted by Gasteiger charge is -2.28. The van der Waals surface area contributed by atoms with Crippen LogP contribution in [0.15, 0.2) is 0 Å². The molecular formula is C13H25NO4. The van der Waals surface area contributed by atoms with Crippen LogP contribution >= 0.6 is 0 Å². The molecule has 106 valence electrons. The highest BCUT2D eigenvalue weighted by atomic mass is 16.6. The van der Waals surface area contributed by atoms with Gasteiger partial charge in [0.05, 0.1) is 13.2 Å². The molecule has 1 saturated heterocycles. The standard InChI is InChI=1S/C13H25NO4/c1-4-6-11(12(15)18-5-2)14-9-13(16-3)7-8-17-10-13/h11,14H,4-10H2,1-3H3. The number of ether oxygens (including phenoxy) is 3. The van der Waals surface area contributed by atoms with Crippen molar-refractivity contribution in [3.8, 4) is 0 Å². The Hall–Kier alpha value is -0.650. The molecule has 1 N–H and O–H groups in total. The van der Waals surface area contributed by atoms with Crippen LogP contribution in [-0.2, 0) is 19.0 Å². The van der Waals surface area contributed by atoms with Crippen molar-refractivity contribution in [2.24, 2.45) is 0 Å². The van der Waals surface area contributed by atoms with Gasteiger partial charge >= 0.3 is 5.97 Å². The number of nitrogens with one attached hydrogen (secondary N) is 1. The Kier molecular flexibility index (Phi) is 6.60. The number of carbonyl (C=O) groups excluding carboxylic acids is 1. The molecule has 1 rings (SSSR count). The Morgan fingerprint density at radius 2 is 2.28 bits per heavy atom. The second-order valence-electron chi connectivity index (χ2n) is 4.66. The van der Waals surface area contributed by atoms with E-state index in [9.17, 15) is 4.79 Å². The normalized spacial score (nSPS) is 25.1. The zero-order valence-electron chi connectivity index (χ0n) is 11.7. The molecule has 1 fully saturated rings. The average Bonchev–Trinajstić information content (AvgIpc) is 2.84. The van der Waals surface area contributed by atoms with Crippen molar-refractivity contribution < 1.29 is 19.0 Å². The zero-order chi connectivity index (χ0) is 13.4. The maximum absolute atomic E-state index is 11.8. The molecule has 18 heavy (non-hydrogen) atoms. The van der Waals surface area contributed by atoms with E-state index in [1.807, 2.05) is 6.92 Å². The summed E-state index contributed by atoms with van der Waals surface area (Å²) >= 11 is 0. The van der Waals surface area contributed by atoms with Crippen LogP contribution in [0, 0.1) is 0 Å². The number of rotatable bonds is 8. The van der Waals surface area contributed by atoms with E-state index in [0.717, 1.165) is 19.3 Å². The van der Waals surface area contributed by atoms with E-state index >= 15 is 0 Å². The Bertz CT molecular complexity index is 251. The molecule has 1 aliphatic heterocycles. The highest BCUT2D eigenvalue weighted by Gasteiger charge is 2.36. The molecule has 1 heterocycles. The Morgan fingerprint density at radius 1 is 1.50 bits per heavy atom. The van der Waals surface area contributed by atoms with Crippen molar-refractivity contribution in [3.63, 3.8) is 0 Å². The minimum atomic E-state index is -0.293. The summed E-state index contributed by atoms with van der Waals surface area (Å²) in [5, 5.41) is 3.26. The SMILES string of the molecule is CCCC(NCC1(OC)CCOC1)C(=O)OCC. The third kappa shape index (κ3) is 4.23. The minimum absolute atomic E-state index is 0.176. The van der Waals surface area contributed by atoms with Gasteiger partial charge in [-0.25, -0.2) is 0 Å². The van der Waals surface area contributed by atoms with E-state index < -0.39 is 0 Å². The topological polar surface area (TPSA) is 56.8 Å². The fourth-order valence-corrected chi connectivity index (χ4v) is 2.11. The monoisotopic (exact) mass is 259 g/mol. The van der Waals surface area contributed by atoms with Gasteiger partial charge in [-0.2, -0.15) is 0 Å². The molecular weight excluding hydrogens is 234 g/mol. The van der Waals surface area contributed by atoms with Crippen LogP contribution in [0.5, 0.6) is 0 Å². The van der Waals surface area contributed by atoms with Gasteiger partial charge in [-0.3, -0.25) is 4.79 Å². The highest BCUT2D eigenvalue weighted by molar-refractivity contribution is 5.75. The van der Waals surface area contributed by atoms with Gasteiger partial charge in [-0.1, -0.05) is 13.3 Å². The third-order valence-corrected chi connectivity index (χ3v) is 3.32. The largest absolute Gasteiger partial charge is 0.465 e. The molecule has 0 amide bonds. The lowest BCUT2D eigenvalue weighted by molar-refractivity contribution is -0.146. The van der Waals surface area contributed by atoms with Gasteiger partial charge in [0.1, 0.15) is 11.6 Å². The summed E-state index contributed by atoms with van der Waals surface area (Å²) in [5.41, 5.74) is -0.293. The summed E-state index contributed by atoms with van der Waals surface area (Å²) in [7, 11) is 1.69. The Morgan fingerprint density at radius 3 is 2.78 bits per heavy atom. The number of hydrogen-bond acceptors (Lipinski definition) is 5. The Balaban J connectivity index is 2.47. The number of hydrogen-bond donors (Lipinski definition) is 1. The van der Waals surface area contributed by atoms with Gasteiger partial charge in [-0.05, 0) is 13.3 Å². The number of carbonyl (C=O) groups is 1. The van der Waals surface area contributed by atoms with E-state index in [0.29, 0.717) is 26.4 Å². The average molecular weight is 259 g/mol. The number of methoxy groups -OCH3 is 1. The summed E-state index contributed by atoms with van der Waals surface area (Å²) in [4.78, 5) is 11.8. The maximum atomic E-state index is 11.8. The molecule has 0 aromatic carbocycles. The molecule has 0 spiro atoms. The minimum Gasteiger partial charge on any atom is -0.465 e. The van der Waals surface area contributed by atoms with Gasteiger partial charge in [0.15, 0.2) is 0 Å². The summed E-state index contributed by atoms with van der Waals surface area (Å²) in [5.74, 6) is -0.176. The molecule has 2 unspecified atom stereocenters. The molecule has 5 heteroatoms. The first-order chi connectivity index (χ1) is 8.67. The van der Waals surface area contributed by atoms with Crippen molar-refractivity contribution in [1.82, 2.24) is 5.32 Å². The zero-order valence-corrected chi connectivity index (χ0v) is 11.7. The second kappa shape index (κ2) is 7.71. The first-order valence-electron chi connectivity index (χ1n) is 6.70. The smallest absolute Gasteiger partial charge is 0.323 e. The molecule has 0 aromatic rings. The van der Waals surface area contributed by atoms with Crippen LogP contribution in [0.1, 0.15) is 33.1 Å². The molecule has 0 radical (unpaired) electrons. The Labute approximate surface area is 109 Å². The molecule has 5 nitrogen and oxygen atoms in total. The van der Waals surface area contributed by atoms with Gasteiger partial charge in [0, 0.05) is 26.7 Å². The summed E-state index contributed by atoms with van der Waals surface area (Å²) in [6.45, 7) is 6.21. The third-order valence-electron chi connectivity index (χ3n) is 3.32. The molecule has 1 aliphatic rings. The predicted octanol–water partition coefficient (Wildman–Crippen LogP) is 1.11. The quantitative estimate of drug-likeness (QED) is 0.662. The van der Waals surface area contributed by atoms with Crippen molar-refractivity contribution >= 4 is 5.97 Å². The highest BCUT2D eigenvalue weighted by Crippen LogP contribution is 2.21. The van der Waals surface area contributed by atoms with Crippen molar-refractivity contribution in [3.05, 3.63) is 0 Å². The van der Waals surface area contributed by atoms with Gasteiger partial charge < -0.3 is 19.5 Å². The fourth-order valence-electron chi connectivity index (χ4n) is 2.11. The molecule has 0 aromatic heterocycles. The van der Waals surface area contributed by atoms with Crippen LogP contribution in [0.2, 0.25) is 0 Å². The lowest BCUT2D eigenvalue weighted by atomic mass is 10.0. The van der Waals surface area contributed by atoms with Crippen LogP contribution in [0.4, 0.5) is 0 Å². The molecule has 0 saturated carbocycles. The van der Waals surface area contributed by atoms with Crippen LogP contribution in [0.3, 0.4) is 0 Å². The summed E-state index contributed by atoms with van der Waals surface area (Å²) in [6, 6.07) is -0.248. The first kappa shape index (κ1) is 15.4. The van der Waals surface area contributed by atoms with Gasteiger partial charge in [-0.15, -0.1) is 0 Å². The van der Waals surface area contributed by atoms with Crippen LogP contribution in [0.25, 0.3) is 0 Å². The number of esters is 1. The second-order valence-corrected chi connectivity index (χ2v) is 4.66. The van der Waals surface area contributed by atoms with E-state index in [2.05, 4.69) is 12.2 Å². The molecule has 0 aliphatic carbocycles. The van der Waals surface area contributed by atoms with E-state index in [1.54, 1.807) is 7.11 Å². The lowest BCUT2D eigenvalue weighted by Crippen LogP contribution is -2.49. The molecule has 0 bridgehead atoms.